The van der Waals surface area contributed by atoms with E-state index in [2.05, 4.69) is 0 Å². The van der Waals surface area contributed by atoms with Crippen LogP contribution in [-0.4, -0.2) is 25.1 Å². The summed E-state index contributed by atoms with van der Waals surface area (Å²) in [4.78, 5) is 12.4. The predicted molar refractivity (Wildman–Crippen MR) is 80.0 cm³/mol. The summed E-state index contributed by atoms with van der Waals surface area (Å²) in [7, 11) is 2.87. The van der Waals surface area contributed by atoms with Gasteiger partial charge in [0.15, 0.2) is 17.3 Å². The Morgan fingerprint density at radius 3 is 2.55 bits per heavy atom. The number of hydrogen-bond donors (Lipinski definition) is 1. The van der Waals surface area contributed by atoms with E-state index in [9.17, 15) is 9.90 Å². The third-order valence-corrected chi connectivity index (χ3v) is 3.70. The molecule has 5 nitrogen and oxygen atoms in total. The van der Waals surface area contributed by atoms with Crippen LogP contribution in [0.4, 0.5) is 0 Å². The van der Waals surface area contributed by atoms with E-state index in [-0.39, 0.29) is 35.4 Å². The van der Waals surface area contributed by atoms with E-state index in [4.69, 9.17) is 14.2 Å². The Bertz CT molecular complexity index is 709. The summed E-state index contributed by atoms with van der Waals surface area (Å²) in [6.45, 7) is 0. The van der Waals surface area contributed by atoms with Gasteiger partial charge in [-0.05, 0) is 5.56 Å². The SMILES string of the molecule is COc1cc2c(c(O)c1OC)C(=O)C[C@@H](c1ccccc1)O2. The van der Waals surface area contributed by atoms with Gasteiger partial charge >= 0.3 is 0 Å². The molecule has 0 saturated heterocycles. The lowest BCUT2D eigenvalue weighted by Crippen LogP contribution is -2.20. The van der Waals surface area contributed by atoms with Gasteiger partial charge in [0.1, 0.15) is 17.4 Å². The molecule has 22 heavy (non-hydrogen) atoms. The highest BCUT2D eigenvalue weighted by Crippen LogP contribution is 2.48. The summed E-state index contributed by atoms with van der Waals surface area (Å²) in [5.74, 6) is 0.332. The van der Waals surface area contributed by atoms with Crippen molar-refractivity contribution in [3.63, 3.8) is 0 Å². The van der Waals surface area contributed by atoms with Crippen molar-refractivity contribution in [1.82, 2.24) is 0 Å². The van der Waals surface area contributed by atoms with Crippen molar-refractivity contribution >= 4 is 5.78 Å². The fraction of sp³-hybridized carbons (Fsp3) is 0.235. The van der Waals surface area contributed by atoms with Crippen molar-refractivity contribution in [3.05, 3.63) is 47.5 Å². The number of ketones is 1. The lowest BCUT2D eigenvalue weighted by Gasteiger charge is -2.27. The summed E-state index contributed by atoms with van der Waals surface area (Å²) < 4.78 is 16.2. The Labute approximate surface area is 128 Å². The van der Waals surface area contributed by atoms with Crippen LogP contribution in [0.1, 0.15) is 28.4 Å². The van der Waals surface area contributed by atoms with E-state index >= 15 is 0 Å². The lowest BCUT2D eigenvalue weighted by molar-refractivity contribution is 0.0843. The maximum absolute atomic E-state index is 12.4. The highest BCUT2D eigenvalue weighted by Gasteiger charge is 2.33. The third-order valence-electron chi connectivity index (χ3n) is 3.70. The van der Waals surface area contributed by atoms with Gasteiger partial charge in [0.05, 0.1) is 20.6 Å². The van der Waals surface area contributed by atoms with Gasteiger partial charge in [0.2, 0.25) is 5.75 Å². The smallest absolute Gasteiger partial charge is 0.204 e. The number of rotatable bonds is 3. The molecule has 1 aliphatic rings. The highest BCUT2D eigenvalue weighted by molar-refractivity contribution is 6.03. The number of ether oxygens (including phenoxy) is 3. The van der Waals surface area contributed by atoms with Crippen LogP contribution in [0.2, 0.25) is 0 Å². The van der Waals surface area contributed by atoms with Gasteiger partial charge in [0, 0.05) is 6.07 Å². The summed E-state index contributed by atoms with van der Waals surface area (Å²) in [6, 6.07) is 11.1. The average Bonchev–Trinajstić information content (AvgIpc) is 2.54. The topological polar surface area (TPSA) is 65.0 Å². The summed E-state index contributed by atoms with van der Waals surface area (Å²) in [5.41, 5.74) is 1.06. The van der Waals surface area contributed by atoms with Crippen molar-refractivity contribution in [1.29, 1.82) is 0 Å². The number of phenolic OH excluding ortho intramolecular Hbond substituents is 1. The second-order valence-electron chi connectivity index (χ2n) is 4.98. The molecule has 0 aliphatic carbocycles. The molecule has 0 aromatic heterocycles. The monoisotopic (exact) mass is 300 g/mol. The first-order valence-electron chi connectivity index (χ1n) is 6.88. The van der Waals surface area contributed by atoms with E-state index in [1.807, 2.05) is 30.3 Å². The van der Waals surface area contributed by atoms with Gasteiger partial charge < -0.3 is 19.3 Å². The van der Waals surface area contributed by atoms with Crippen LogP contribution < -0.4 is 14.2 Å². The number of carbonyl (C=O) groups is 1. The standard InChI is InChI=1S/C17H16O5/c1-20-14-9-13-15(16(19)17(14)21-2)11(18)8-12(22-13)10-6-4-3-5-7-10/h3-7,9,12,19H,8H2,1-2H3/t12-/m0/s1. The Kier molecular flexibility index (Phi) is 3.63. The molecule has 0 bridgehead atoms. The van der Waals surface area contributed by atoms with E-state index < -0.39 is 0 Å². The number of hydrogen-bond acceptors (Lipinski definition) is 5. The van der Waals surface area contributed by atoms with Crippen LogP contribution in [0.25, 0.3) is 0 Å². The fourth-order valence-electron chi connectivity index (χ4n) is 2.63. The van der Waals surface area contributed by atoms with Gasteiger partial charge in [-0.1, -0.05) is 30.3 Å². The minimum absolute atomic E-state index is 0.136. The first-order chi connectivity index (χ1) is 10.7. The molecule has 0 unspecified atom stereocenters. The molecule has 2 aromatic rings. The minimum atomic E-state index is -0.376. The second kappa shape index (κ2) is 5.60. The number of phenols is 1. The van der Waals surface area contributed by atoms with Gasteiger partial charge in [-0.15, -0.1) is 0 Å². The molecule has 1 atom stereocenters. The first kappa shape index (κ1) is 14.3. The zero-order valence-corrected chi connectivity index (χ0v) is 12.3. The molecular formula is C17H16O5. The Morgan fingerprint density at radius 2 is 1.91 bits per heavy atom. The Balaban J connectivity index is 2.07. The van der Waals surface area contributed by atoms with Gasteiger partial charge in [-0.2, -0.15) is 0 Å². The van der Waals surface area contributed by atoms with Crippen LogP contribution >= 0.6 is 0 Å². The molecule has 1 N–H and O–H groups in total. The molecule has 0 radical (unpaired) electrons. The van der Waals surface area contributed by atoms with Crippen molar-refractivity contribution in [3.8, 4) is 23.0 Å². The van der Waals surface area contributed by atoms with Crippen LogP contribution in [0.3, 0.4) is 0 Å². The Morgan fingerprint density at radius 1 is 1.18 bits per heavy atom. The van der Waals surface area contributed by atoms with Crippen molar-refractivity contribution in [2.45, 2.75) is 12.5 Å². The van der Waals surface area contributed by atoms with Crippen molar-refractivity contribution in [2.75, 3.05) is 14.2 Å². The number of Topliss-reactive ketones (excluding diaryl/α,β-unsaturated/α-hetero) is 1. The molecule has 0 spiro atoms. The third kappa shape index (κ3) is 2.24. The highest BCUT2D eigenvalue weighted by atomic mass is 16.5. The first-order valence-corrected chi connectivity index (χ1v) is 6.88. The summed E-state index contributed by atoms with van der Waals surface area (Å²) in [5, 5.41) is 10.3. The Hall–Kier alpha value is -2.69. The van der Waals surface area contributed by atoms with Crippen molar-refractivity contribution < 1.29 is 24.1 Å². The van der Waals surface area contributed by atoms with Gasteiger partial charge in [-0.25, -0.2) is 0 Å². The maximum atomic E-state index is 12.4. The lowest BCUT2D eigenvalue weighted by atomic mass is 9.95. The molecule has 114 valence electrons. The second-order valence-corrected chi connectivity index (χ2v) is 4.98. The van der Waals surface area contributed by atoms with E-state index in [0.29, 0.717) is 11.5 Å². The van der Waals surface area contributed by atoms with Crippen LogP contribution in [-0.2, 0) is 0 Å². The number of benzene rings is 2. The molecule has 0 fully saturated rings. The number of aromatic hydroxyl groups is 1. The average molecular weight is 300 g/mol. The summed E-state index contributed by atoms with van der Waals surface area (Å²) in [6.07, 6.45) is -0.209. The molecule has 1 aliphatic heterocycles. The minimum Gasteiger partial charge on any atom is -0.504 e. The largest absolute Gasteiger partial charge is 0.504 e. The van der Waals surface area contributed by atoms with Gasteiger partial charge in [-0.3, -0.25) is 4.79 Å². The molecular weight excluding hydrogens is 284 g/mol. The molecule has 0 amide bonds. The van der Waals surface area contributed by atoms with Gasteiger partial charge in [0.25, 0.3) is 0 Å². The number of methoxy groups -OCH3 is 2. The summed E-state index contributed by atoms with van der Waals surface area (Å²) >= 11 is 0. The maximum Gasteiger partial charge on any atom is 0.204 e. The number of carbonyl (C=O) groups excluding carboxylic acids is 1. The van der Waals surface area contributed by atoms with Crippen LogP contribution in [0.5, 0.6) is 23.0 Å². The quantitative estimate of drug-likeness (QED) is 0.943. The molecule has 2 aromatic carbocycles. The number of fused-ring (bicyclic) bond motifs is 1. The van der Waals surface area contributed by atoms with Crippen LogP contribution in [0.15, 0.2) is 36.4 Å². The van der Waals surface area contributed by atoms with E-state index in [1.54, 1.807) is 6.07 Å². The zero-order valence-electron chi connectivity index (χ0n) is 12.3. The molecule has 0 saturated carbocycles. The molecule has 3 rings (SSSR count). The predicted octanol–water partition coefficient (Wildman–Crippen LogP) is 3.12. The molecule has 1 heterocycles. The van der Waals surface area contributed by atoms with E-state index in [1.165, 1.54) is 14.2 Å². The molecule has 5 heteroatoms. The fourth-order valence-corrected chi connectivity index (χ4v) is 2.63. The van der Waals surface area contributed by atoms with Crippen LogP contribution in [0, 0.1) is 0 Å². The zero-order chi connectivity index (χ0) is 15.7. The normalized spacial score (nSPS) is 16.6. The van der Waals surface area contributed by atoms with Crippen molar-refractivity contribution in [2.24, 2.45) is 0 Å². The van der Waals surface area contributed by atoms with E-state index in [0.717, 1.165) is 5.56 Å².